The molecular weight excluding hydrogens is 358 g/mol. The molecule has 0 saturated heterocycles. The van der Waals surface area contributed by atoms with E-state index >= 15 is 0 Å². The molecule has 0 atom stereocenters. The summed E-state index contributed by atoms with van der Waals surface area (Å²) in [5, 5.41) is 11.3. The minimum absolute atomic E-state index is 0.118. The summed E-state index contributed by atoms with van der Waals surface area (Å²) < 4.78 is 10.6. The fourth-order valence-electron chi connectivity index (χ4n) is 2.49. The summed E-state index contributed by atoms with van der Waals surface area (Å²) in [6.07, 6.45) is 0. The maximum atomic E-state index is 12.5. The smallest absolute Gasteiger partial charge is 0.339 e. The summed E-state index contributed by atoms with van der Waals surface area (Å²) in [5.74, 6) is -0.438. The van der Waals surface area contributed by atoms with Crippen LogP contribution in [-0.4, -0.2) is 21.1 Å². The molecule has 0 amide bonds. The summed E-state index contributed by atoms with van der Waals surface area (Å²) in [6, 6.07) is 3.71. The van der Waals surface area contributed by atoms with Crippen molar-refractivity contribution in [2.24, 2.45) is 0 Å². The molecule has 0 aromatic carbocycles. The fourth-order valence-corrected chi connectivity index (χ4v) is 4.00. The van der Waals surface area contributed by atoms with Crippen LogP contribution in [0.25, 0.3) is 21.7 Å². The molecule has 0 unspecified atom stereocenters. The summed E-state index contributed by atoms with van der Waals surface area (Å²) in [4.78, 5) is 21.3. The largest absolute Gasteiger partial charge is 0.456 e. The summed E-state index contributed by atoms with van der Waals surface area (Å²) >= 11 is 3.16. The average Bonchev–Trinajstić information content (AvgIpc) is 3.32. The zero-order valence-electron chi connectivity index (χ0n) is 13.5. The van der Waals surface area contributed by atoms with Gasteiger partial charge in [0.05, 0.1) is 22.3 Å². The first-order valence-corrected chi connectivity index (χ1v) is 9.32. The van der Waals surface area contributed by atoms with E-state index in [0.29, 0.717) is 28.1 Å². The van der Waals surface area contributed by atoms with Crippen LogP contribution >= 0.6 is 22.7 Å². The monoisotopic (exact) mass is 371 g/mol. The third-order valence-electron chi connectivity index (χ3n) is 3.64. The van der Waals surface area contributed by atoms with Crippen molar-refractivity contribution in [3.05, 3.63) is 50.9 Å². The van der Waals surface area contributed by atoms with Crippen molar-refractivity contribution in [1.82, 2.24) is 15.1 Å². The van der Waals surface area contributed by atoms with Gasteiger partial charge in [0.2, 0.25) is 0 Å². The van der Waals surface area contributed by atoms with Crippen LogP contribution in [0, 0.1) is 13.8 Å². The molecule has 0 fully saturated rings. The number of hydrogen-bond acceptors (Lipinski definition) is 8. The van der Waals surface area contributed by atoms with Crippen LogP contribution in [0.3, 0.4) is 0 Å². The molecule has 0 bridgehead atoms. The zero-order valence-corrected chi connectivity index (χ0v) is 15.1. The molecule has 0 aliphatic heterocycles. The topological polar surface area (TPSA) is 78.1 Å². The molecular formula is C17H13N3O3S2. The third kappa shape index (κ3) is 3.06. The van der Waals surface area contributed by atoms with Gasteiger partial charge in [-0.25, -0.2) is 14.8 Å². The van der Waals surface area contributed by atoms with Crippen LogP contribution in [0.2, 0.25) is 0 Å². The maximum Gasteiger partial charge on any atom is 0.339 e. The van der Waals surface area contributed by atoms with Crippen LogP contribution in [0.1, 0.15) is 27.4 Å². The number of pyridine rings is 1. The van der Waals surface area contributed by atoms with Crippen LogP contribution in [-0.2, 0) is 11.3 Å². The Morgan fingerprint density at radius 2 is 2.16 bits per heavy atom. The highest BCUT2D eigenvalue weighted by Gasteiger charge is 2.19. The highest BCUT2D eigenvalue weighted by Crippen LogP contribution is 2.26. The first kappa shape index (κ1) is 15.9. The van der Waals surface area contributed by atoms with E-state index in [2.05, 4.69) is 15.1 Å². The number of carbonyl (C=O) groups is 1. The SMILES string of the molecule is Cc1cc(C(=O)OCc2csc(-c3ccsc3)n2)c2c(C)noc2n1. The predicted octanol–water partition coefficient (Wildman–Crippen LogP) is 4.38. The molecule has 8 heteroatoms. The van der Waals surface area contributed by atoms with E-state index in [0.717, 1.165) is 16.3 Å². The number of esters is 1. The molecule has 6 nitrogen and oxygen atoms in total. The fraction of sp³-hybridized carbons (Fsp3) is 0.176. The lowest BCUT2D eigenvalue weighted by Gasteiger charge is -2.05. The maximum absolute atomic E-state index is 12.5. The van der Waals surface area contributed by atoms with Crippen molar-refractivity contribution in [1.29, 1.82) is 0 Å². The van der Waals surface area contributed by atoms with Gasteiger partial charge in [-0.2, -0.15) is 11.3 Å². The van der Waals surface area contributed by atoms with Gasteiger partial charge in [-0.15, -0.1) is 11.3 Å². The number of thiazole rings is 1. The van der Waals surface area contributed by atoms with Crippen molar-refractivity contribution in [3.8, 4) is 10.6 Å². The Balaban J connectivity index is 1.54. The minimum Gasteiger partial charge on any atom is -0.456 e. The van der Waals surface area contributed by atoms with Crippen molar-refractivity contribution in [3.63, 3.8) is 0 Å². The molecule has 4 aromatic rings. The second-order valence-corrected chi connectivity index (χ2v) is 7.13. The van der Waals surface area contributed by atoms with Crippen LogP contribution in [0.15, 0.2) is 32.8 Å². The summed E-state index contributed by atoms with van der Waals surface area (Å²) in [6.45, 7) is 3.68. The quantitative estimate of drug-likeness (QED) is 0.495. The number of aromatic nitrogens is 3. The number of fused-ring (bicyclic) bond motifs is 1. The molecule has 0 aliphatic rings. The molecule has 0 N–H and O–H groups in total. The van der Waals surface area contributed by atoms with Crippen molar-refractivity contribution in [2.75, 3.05) is 0 Å². The van der Waals surface area contributed by atoms with E-state index in [1.807, 2.05) is 22.2 Å². The van der Waals surface area contributed by atoms with Gasteiger partial charge in [0.1, 0.15) is 11.6 Å². The van der Waals surface area contributed by atoms with Gasteiger partial charge in [-0.05, 0) is 31.4 Å². The van der Waals surface area contributed by atoms with E-state index in [-0.39, 0.29) is 6.61 Å². The Morgan fingerprint density at radius 1 is 1.28 bits per heavy atom. The van der Waals surface area contributed by atoms with Crippen molar-refractivity contribution >= 4 is 39.7 Å². The van der Waals surface area contributed by atoms with E-state index in [1.54, 1.807) is 31.3 Å². The first-order valence-electron chi connectivity index (χ1n) is 7.49. The van der Waals surface area contributed by atoms with Crippen molar-refractivity contribution in [2.45, 2.75) is 20.5 Å². The van der Waals surface area contributed by atoms with E-state index in [1.165, 1.54) is 11.3 Å². The highest BCUT2D eigenvalue weighted by molar-refractivity contribution is 7.14. The minimum atomic E-state index is -0.438. The van der Waals surface area contributed by atoms with E-state index in [4.69, 9.17) is 9.26 Å². The molecule has 0 spiro atoms. The number of hydrogen-bond donors (Lipinski definition) is 0. The third-order valence-corrected chi connectivity index (χ3v) is 5.26. The number of rotatable bonds is 4. The van der Waals surface area contributed by atoms with Gasteiger partial charge >= 0.3 is 5.97 Å². The molecule has 4 rings (SSSR count). The van der Waals surface area contributed by atoms with E-state index < -0.39 is 5.97 Å². The lowest BCUT2D eigenvalue weighted by atomic mass is 10.1. The molecule has 4 heterocycles. The van der Waals surface area contributed by atoms with Gasteiger partial charge in [-0.1, -0.05) is 5.16 Å². The Hall–Kier alpha value is -2.58. The molecule has 4 aromatic heterocycles. The lowest BCUT2D eigenvalue weighted by molar-refractivity contribution is 0.0470. The average molecular weight is 371 g/mol. The van der Waals surface area contributed by atoms with Crippen LogP contribution < -0.4 is 0 Å². The Kier molecular flexibility index (Phi) is 4.06. The van der Waals surface area contributed by atoms with Gasteiger partial charge in [0.15, 0.2) is 0 Å². The molecule has 126 valence electrons. The van der Waals surface area contributed by atoms with Gasteiger partial charge in [0.25, 0.3) is 5.71 Å². The molecule has 0 aliphatic carbocycles. The number of aryl methyl sites for hydroxylation is 2. The Morgan fingerprint density at radius 3 is 2.96 bits per heavy atom. The zero-order chi connectivity index (χ0) is 17.4. The standard InChI is InChI=1S/C17H13N3O3S2/c1-9-5-13(14-10(2)20-23-15(14)18-9)17(21)22-6-12-8-25-16(19-12)11-3-4-24-7-11/h3-5,7-8H,6H2,1-2H3. The summed E-state index contributed by atoms with van der Waals surface area (Å²) in [5.41, 5.74) is 3.85. The molecule has 0 radical (unpaired) electrons. The van der Waals surface area contributed by atoms with Gasteiger partial charge in [-0.3, -0.25) is 0 Å². The van der Waals surface area contributed by atoms with Gasteiger partial charge < -0.3 is 9.26 Å². The Bertz CT molecular complexity index is 1050. The number of nitrogens with zero attached hydrogens (tertiary/aromatic N) is 3. The first-order chi connectivity index (χ1) is 12.1. The normalized spacial score (nSPS) is 11.1. The second kappa shape index (κ2) is 6.38. The molecule has 25 heavy (non-hydrogen) atoms. The van der Waals surface area contributed by atoms with E-state index in [9.17, 15) is 4.79 Å². The number of carbonyl (C=O) groups excluding carboxylic acids is 1. The Labute approximate surface area is 151 Å². The number of ether oxygens (including phenoxy) is 1. The molecule has 0 saturated carbocycles. The van der Waals surface area contributed by atoms with Gasteiger partial charge in [0, 0.05) is 22.0 Å². The number of thiophene rings is 1. The predicted molar refractivity (Wildman–Crippen MR) is 95.8 cm³/mol. The highest BCUT2D eigenvalue weighted by atomic mass is 32.1. The van der Waals surface area contributed by atoms with Crippen LogP contribution in [0.5, 0.6) is 0 Å². The second-order valence-electron chi connectivity index (χ2n) is 5.49. The summed E-state index contributed by atoms with van der Waals surface area (Å²) in [7, 11) is 0. The lowest BCUT2D eigenvalue weighted by Crippen LogP contribution is -2.07. The van der Waals surface area contributed by atoms with Crippen LogP contribution in [0.4, 0.5) is 0 Å². The van der Waals surface area contributed by atoms with Crippen molar-refractivity contribution < 1.29 is 14.1 Å².